The van der Waals surface area contributed by atoms with Gasteiger partial charge < -0.3 is 19.4 Å². The molecular formula is C22H23N3O2. The molecule has 2 N–H and O–H groups in total. The molecule has 0 spiro atoms. The van der Waals surface area contributed by atoms with E-state index < -0.39 is 0 Å². The Kier molecular flexibility index (Phi) is 4.46. The predicted octanol–water partition coefficient (Wildman–Crippen LogP) is 3.95. The Morgan fingerprint density at radius 1 is 1.22 bits per heavy atom. The summed E-state index contributed by atoms with van der Waals surface area (Å²) in [5, 5.41) is 10.7. The number of ether oxygens (including phenoxy) is 1. The average Bonchev–Trinajstić information content (AvgIpc) is 3.31. The van der Waals surface area contributed by atoms with Crippen molar-refractivity contribution in [3.63, 3.8) is 0 Å². The highest BCUT2D eigenvalue weighted by Crippen LogP contribution is 2.28. The molecule has 4 rings (SSSR count). The number of H-pyrrole nitrogens is 1. The SMILES string of the molecule is COC1=CC(c2cc3ccccc3n2CCO)=NC1=Cc1[nH]c(C)cc1C. The van der Waals surface area contributed by atoms with E-state index in [0.29, 0.717) is 6.54 Å². The third-order valence-corrected chi connectivity index (χ3v) is 4.85. The fourth-order valence-electron chi connectivity index (χ4n) is 3.61. The van der Waals surface area contributed by atoms with Crippen molar-refractivity contribution in [2.24, 2.45) is 4.99 Å². The van der Waals surface area contributed by atoms with Gasteiger partial charge in [-0.05, 0) is 43.7 Å². The van der Waals surface area contributed by atoms with Crippen LogP contribution in [-0.2, 0) is 11.3 Å². The van der Waals surface area contributed by atoms with Gasteiger partial charge in [-0.15, -0.1) is 0 Å². The summed E-state index contributed by atoms with van der Waals surface area (Å²) in [6.07, 6.45) is 3.97. The lowest BCUT2D eigenvalue weighted by Gasteiger charge is -2.07. The maximum Gasteiger partial charge on any atom is 0.146 e. The van der Waals surface area contributed by atoms with Gasteiger partial charge in [0.1, 0.15) is 11.5 Å². The van der Waals surface area contributed by atoms with Gasteiger partial charge in [0.2, 0.25) is 0 Å². The van der Waals surface area contributed by atoms with E-state index in [4.69, 9.17) is 9.73 Å². The minimum atomic E-state index is 0.0729. The minimum Gasteiger partial charge on any atom is -0.494 e. The molecule has 0 unspecified atom stereocenters. The summed E-state index contributed by atoms with van der Waals surface area (Å²) < 4.78 is 7.68. The van der Waals surface area contributed by atoms with Gasteiger partial charge in [-0.3, -0.25) is 0 Å². The molecule has 1 aromatic carbocycles. The van der Waals surface area contributed by atoms with Crippen LogP contribution in [0.5, 0.6) is 0 Å². The van der Waals surface area contributed by atoms with Crippen LogP contribution in [0.25, 0.3) is 17.0 Å². The lowest BCUT2D eigenvalue weighted by Crippen LogP contribution is -2.09. The van der Waals surface area contributed by atoms with E-state index in [1.807, 2.05) is 31.2 Å². The van der Waals surface area contributed by atoms with Crippen molar-refractivity contribution in [1.82, 2.24) is 9.55 Å². The van der Waals surface area contributed by atoms with Crippen molar-refractivity contribution >= 4 is 22.7 Å². The molecule has 0 saturated heterocycles. The third kappa shape index (κ3) is 3.11. The zero-order chi connectivity index (χ0) is 19.0. The van der Waals surface area contributed by atoms with Gasteiger partial charge in [0.15, 0.2) is 0 Å². The molecule has 0 bridgehead atoms. The lowest BCUT2D eigenvalue weighted by atomic mass is 10.2. The van der Waals surface area contributed by atoms with E-state index in [9.17, 15) is 5.11 Å². The summed E-state index contributed by atoms with van der Waals surface area (Å²) in [5.74, 6) is 0.734. The number of aliphatic hydroxyl groups is 1. The number of benzene rings is 1. The van der Waals surface area contributed by atoms with Crippen molar-refractivity contribution in [3.05, 3.63) is 76.6 Å². The van der Waals surface area contributed by atoms with E-state index in [2.05, 4.69) is 40.7 Å². The molecule has 138 valence electrons. The average molecular weight is 361 g/mol. The van der Waals surface area contributed by atoms with E-state index in [-0.39, 0.29) is 6.61 Å². The van der Waals surface area contributed by atoms with Crippen LogP contribution in [-0.4, -0.2) is 34.1 Å². The lowest BCUT2D eigenvalue weighted by molar-refractivity contribution is 0.278. The summed E-state index contributed by atoms with van der Waals surface area (Å²) in [4.78, 5) is 8.19. The van der Waals surface area contributed by atoms with Gasteiger partial charge in [-0.2, -0.15) is 0 Å². The molecule has 5 nitrogen and oxygen atoms in total. The van der Waals surface area contributed by atoms with E-state index in [1.165, 1.54) is 5.56 Å². The highest BCUT2D eigenvalue weighted by Gasteiger charge is 2.21. The maximum atomic E-state index is 9.53. The van der Waals surface area contributed by atoms with Gasteiger partial charge in [-0.1, -0.05) is 18.2 Å². The van der Waals surface area contributed by atoms with Crippen molar-refractivity contribution < 1.29 is 9.84 Å². The zero-order valence-corrected chi connectivity index (χ0v) is 15.8. The van der Waals surface area contributed by atoms with Crippen LogP contribution in [0.4, 0.5) is 0 Å². The smallest absolute Gasteiger partial charge is 0.146 e. The first kappa shape index (κ1) is 17.4. The standard InChI is InChI=1S/C22H23N3O2/c1-14-10-15(2)23-17(14)12-19-22(27-3)13-18(24-19)21-11-16-6-4-5-7-20(16)25(21)8-9-26/h4-7,10-13,23,26H,8-9H2,1-3H3. The fourth-order valence-corrected chi connectivity index (χ4v) is 3.61. The van der Waals surface area contributed by atoms with Gasteiger partial charge in [0, 0.05) is 34.9 Å². The number of nitrogens with one attached hydrogen (secondary N) is 1. The van der Waals surface area contributed by atoms with E-state index in [0.717, 1.165) is 45.2 Å². The number of aliphatic hydroxyl groups excluding tert-OH is 1. The number of nitrogens with zero attached hydrogens (tertiary/aromatic N) is 2. The first-order chi connectivity index (χ1) is 13.1. The molecule has 1 aliphatic rings. The fraction of sp³-hybridized carbons (Fsp3) is 0.227. The number of para-hydroxylation sites is 1. The minimum absolute atomic E-state index is 0.0729. The zero-order valence-electron chi connectivity index (χ0n) is 15.8. The number of aromatic amines is 1. The highest BCUT2D eigenvalue weighted by molar-refractivity contribution is 6.13. The van der Waals surface area contributed by atoms with Crippen LogP contribution in [0.15, 0.2) is 58.9 Å². The largest absolute Gasteiger partial charge is 0.494 e. The molecule has 0 aliphatic carbocycles. The summed E-state index contributed by atoms with van der Waals surface area (Å²) >= 11 is 0. The van der Waals surface area contributed by atoms with Crippen molar-refractivity contribution in [3.8, 4) is 0 Å². The number of hydrogen-bond acceptors (Lipinski definition) is 3. The molecule has 1 aliphatic heterocycles. The molecular weight excluding hydrogens is 338 g/mol. The molecule has 0 fully saturated rings. The molecule has 3 aromatic rings. The second kappa shape index (κ2) is 6.93. The Hall–Kier alpha value is -3.05. The van der Waals surface area contributed by atoms with Crippen molar-refractivity contribution in [2.75, 3.05) is 13.7 Å². The van der Waals surface area contributed by atoms with Gasteiger partial charge in [0.25, 0.3) is 0 Å². The second-order valence-electron chi connectivity index (χ2n) is 6.75. The molecule has 3 heterocycles. The number of methoxy groups -OCH3 is 1. The Morgan fingerprint density at radius 3 is 2.74 bits per heavy atom. The van der Waals surface area contributed by atoms with Crippen LogP contribution >= 0.6 is 0 Å². The van der Waals surface area contributed by atoms with Crippen LogP contribution in [0, 0.1) is 13.8 Å². The van der Waals surface area contributed by atoms with E-state index >= 15 is 0 Å². The normalized spacial score (nSPS) is 15.5. The van der Waals surface area contributed by atoms with E-state index in [1.54, 1.807) is 7.11 Å². The second-order valence-corrected chi connectivity index (χ2v) is 6.75. The number of aromatic nitrogens is 2. The Labute approximate surface area is 158 Å². The first-order valence-corrected chi connectivity index (χ1v) is 9.03. The molecule has 27 heavy (non-hydrogen) atoms. The molecule has 0 saturated carbocycles. The molecule has 2 aromatic heterocycles. The predicted molar refractivity (Wildman–Crippen MR) is 109 cm³/mol. The topological polar surface area (TPSA) is 62.5 Å². The van der Waals surface area contributed by atoms with Gasteiger partial charge in [-0.25, -0.2) is 4.99 Å². The molecule has 5 heteroatoms. The Morgan fingerprint density at radius 2 is 2.04 bits per heavy atom. The number of allylic oxidation sites excluding steroid dienone is 1. The molecule has 0 amide bonds. The molecule has 0 atom stereocenters. The number of fused-ring (bicyclic) bond motifs is 1. The van der Waals surface area contributed by atoms with Crippen LogP contribution < -0.4 is 0 Å². The monoisotopic (exact) mass is 361 g/mol. The van der Waals surface area contributed by atoms with Gasteiger partial charge in [0.05, 0.1) is 25.1 Å². The van der Waals surface area contributed by atoms with Crippen molar-refractivity contribution in [2.45, 2.75) is 20.4 Å². The van der Waals surface area contributed by atoms with Crippen LogP contribution in [0.2, 0.25) is 0 Å². The third-order valence-electron chi connectivity index (χ3n) is 4.85. The molecule has 0 radical (unpaired) electrons. The number of rotatable bonds is 5. The summed E-state index contributed by atoms with van der Waals surface area (Å²) in [6, 6.07) is 12.4. The van der Waals surface area contributed by atoms with Crippen LogP contribution in [0.1, 0.15) is 22.6 Å². The number of aryl methyl sites for hydroxylation is 2. The summed E-state index contributed by atoms with van der Waals surface area (Å²) in [5.41, 5.74) is 7.02. The summed E-state index contributed by atoms with van der Waals surface area (Å²) in [6.45, 7) is 4.71. The number of hydrogen-bond donors (Lipinski definition) is 2. The van der Waals surface area contributed by atoms with Gasteiger partial charge >= 0.3 is 0 Å². The highest BCUT2D eigenvalue weighted by atomic mass is 16.5. The Balaban J connectivity index is 1.83. The first-order valence-electron chi connectivity index (χ1n) is 9.03. The maximum absolute atomic E-state index is 9.53. The Bertz CT molecular complexity index is 1100. The number of aliphatic imine (C=N–C) groups is 1. The van der Waals surface area contributed by atoms with Crippen LogP contribution in [0.3, 0.4) is 0 Å². The van der Waals surface area contributed by atoms with Crippen molar-refractivity contribution in [1.29, 1.82) is 0 Å². The quantitative estimate of drug-likeness (QED) is 0.723. The summed E-state index contributed by atoms with van der Waals surface area (Å²) in [7, 11) is 1.66.